The molecule has 1 heterocycles. The van der Waals surface area contributed by atoms with E-state index in [1.165, 1.54) is 18.0 Å². The van der Waals surface area contributed by atoms with Crippen molar-refractivity contribution in [3.05, 3.63) is 53.6 Å². The molecule has 3 rings (SSSR count). The van der Waals surface area contributed by atoms with Crippen LogP contribution in [-0.2, 0) is 26.2 Å². The lowest BCUT2D eigenvalue weighted by molar-refractivity contribution is -0.140. The lowest BCUT2D eigenvalue weighted by atomic mass is 10.1. The zero-order chi connectivity index (χ0) is 24.2. The smallest absolute Gasteiger partial charge is 0.244 e. The number of carbonyl (C=O) groups excluding carboxylic acids is 2. The van der Waals surface area contributed by atoms with E-state index in [2.05, 4.69) is 5.32 Å². The average Bonchev–Trinajstić information content (AvgIpc) is 3.25. The Kier molecular flexibility index (Phi) is 7.47. The molecule has 1 atom stereocenters. The van der Waals surface area contributed by atoms with Crippen molar-refractivity contribution in [2.24, 2.45) is 0 Å². The first-order chi connectivity index (χ1) is 15.7. The standard InChI is InChI=1S/C23H29N3O6S/c1-5-19(23(28)24-3)25(13-17-9-7-6-8-16(17)2)22(27)14-26(33(4,29)30)18-10-11-20-21(12-18)32-15-31-20/h6-12,19H,5,13-15H2,1-4H3,(H,24,28)/t19-/m0/s1. The van der Waals surface area contributed by atoms with Gasteiger partial charge in [0.05, 0.1) is 11.9 Å². The number of carbonyl (C=O) groups is 2. The van der Waals surface area contributed by atoms with Crippen LogP contribution in [0.3, 0.4) is 0 Å². The second-order valence-electron chi connectivity index (χ2n) is 7.79. The highest BCUT2D eigenvalue weighted by Crippen LogP contribution is 2.36. The van der Waals surface area contributed by atoms with Crippen LogP contribution in [0.15, 0.2) is 42.5 Å². The molecule has 9 nitrogen and oxygen atoms in total. The summed E-state index contributed by atoms with van der Waals surface area (Å²) >= 11 is 0. The van der Waals surface area contributed by atoms with Crippen LogP contribution in [0.1, 0.15) is 24.5 Å². The molecule has 2 amide bonds. The number of benzene rings is 2. The number of likely N-dealkylation sites (N-methyl/N-ethyl adjacent to an activating group) is 1. The second-order valence-corrected chi connectivity index (χ2v) is 9.70. The summed E-state index contributed by atoms with van der Waals surface area (Å²) in [6.45, 7) is 3.50. The van der Waals surface area contributed by atoms with Gasteiger partial charge < -0.3 is 19.7 Å². The van der Waals surface area contributed by atoms with E-state index in [0.717, 1.165) is 21.7 Å². The Balaban J connectivity index is 1.95. The molecule has 2 aromatic rings. The van der Waals surface area contributed by atoms with Gasteiger partial charge in [0, 0.05) is 19.7 Å². The van der Waals surface area contributed by atoms with Gasteiger partial charge in [-0.05, 0) is 36.6 Å². The van der Waals surface area contributed by atoms with Crippen LogP contribution in [0.4, 0.5) is 5.69 Å². The summed E-state index contributed by atoms with van der Waals surface area (Å²) < 4.78 is 36.9. The summed E-state index contributed by atoms with van der Waals surface area (Å²) in [4.78, 5) is 27.5. The Labute approximate surface area is 194 Å². The molecule has 0 bridgehead atoms. The van der Waals surface area contributed by atoms with Crippen molar-refractivity contribution in [2.45, 2.75) is 32.9 Å². The van der Waals surface area contributed by atoms with E-state index in [-0.39, 0.29) is 24.9 Å². The molecule has 0 aromatic heterocycles. The first kappa shape index (κ1) is 24.4. The fourth-order valence-electron chi connectivity index (χ4n) is 3.71. The van der Waals surface area contributed by atoms with Crippen molar-refractivity contribution in [2.75, 3.05) is 30.9 Å². The number of ether oxygens (including phenoxy) is 2. The molecule has 33 heavy (non-hydrogen) atoms. The zero-order valence-corrected chi connectivity index (χ0v) is 20.0. The topological polar surface area (TPSA) is 105 Å². The Hall–Kier alpha value is -3.27. The summed E-state index contributed by atoms with van der Waals surface area (Å²) in [5, 5.41) is 2.60. The fraction of sp³-hybridized carbons (Fsp3) is 0.391. The molecule has 0 saturated heterocycles. The van der Waals surface area contributed by atoms with Crippen molar-refractivity contribution in [1.82, 2.24) is 10.2 Å². The molecule has 0 aliphatic carbocycles. The Morgan fingerprint density at radius 2 is 1.82 bits per heavy atom. The third-order valence-electron chi connectivity index (χ3n) is 5.56. The molecule has 0 saturated carbocycles. The molecular formula is C23H29N3O6S. The summed E-state index contributed by atoms with van der Waals surface area (Å²) in [5.74, 6) is 0.109. The maximum Gasteiger partial charge on any atom is 0.244 e. The third-order valence-corrected chi connectivity index (χ3v) is 6.70. The number of nitrogens with zero attached hydrogens (tertiary/aromatic N) is 2. The monoisotopic (exact) mass is 475 g/mol. The number of amides is 2. The van der Waals surface area contributed by atoms with Gasteiger partial charge in [0.15, 0.2) is 11.5 Å². The summed E-state index contributed by atoms with van der Waals surface area (Å²) in [6, 6.07) is 11.5. The minimum absolute atomic E-state index is 0.0467. The number of nitrogens with one attached hydrogen (secondary N) is 1. The molecule has 1 N–H and O–H groups in total. The number of sulfonamides is 1. The van der Waals surface area contributed by atoms with E-state index in [4.69, 9.17) is 9.47 Å². The largest absolute Gasteiger partial charge is 0.454 e. The molecule has 0 radical (unpaired) electrons. The Morgan fingerprint density at radius 1 is 1.12 bits per heavy atom. The maximum atomic E-state index is 13.5. The van der Waals surface area contributed by atoms with Crippen molar-refractivity contribution >= 4 is 27.5 Å². The van der Waals surface area contributed by atoms with Crippen molar-refractivity contribution in [3.63, 3.8) is 0 Å². The van der Waals surface area contributed by atoms with E-state index < -0.39 is 28.5 Å². The predicted octanol–water partition coefficient (Wildman–Crippen LogP) is 2.04. The second kappa shape index (κ2) is 10.1. The predicted molar refractivity (Wildman–Crippen MR) is 125 cm³/mol. The molecule has 1 aliphatic heterocycles. The number of hydrogen-bond acceptors (Lipinski definition) is 6. The molecular weight excluding hydrogens is 446 g/mol. The van der Waals surface area contributed by atoms with Crippen molar-refractivity contribution in [3.8, 4) is 11.5 Å². The van der Waals surface area contributed by atoms with Crippen molar-refractivity contribution in [1.29, 1.82) is 0 Å². The lowest BCUT2D eigenvalue weighted by Gasteiger charge is -2.33. The van der Waals surface area contributed by atoms with Crippen LogP contribution >= 0.6 is 0 Å². The number of rotatable bonds is 9. The minimum atomic E-state index is -3.81. The van der Waals surface area contributed by atoms with Gasteiger partial charge in [-0.2, -0.15) is 0 Å². The highest BCUT2D eigenvalue weighted by molar-refractivity contribution is 7.92. The highest BCUT2D eigenvalue weighted by Gasteiger charge is 2.32. The fourth-order valence-corrected chi connectivity index (χ4v) is 4.55. The molecule has 1 aliphatic rings. The van der Waals surface area contributed by atoms with Gasteiger partial charge in [-0.3, -0.25) is 13.9 Å². The van der Waals surface area contributed by atoms with Gasteiger partial charge in [0.2, 0.25) is 28.6 Å². The average molecular weight is 476 g/mol. The Bertz CT molecular complexity index is 1130. The third kappa shape index (κ3) is 5.57. The number of fused-ring (bicyclic) bond motifs is 1. The number of hydrogen-bond donors (Lipinski definition) is 1. The van der Waals surface area contributed by atoms with Crippen LogP contribution in [0.5, 0.6) is 11.5 Å². The molecule has 2 aromatic carbocycles. The van der Waals surface area contributed by atoms with Gasteiger partial charge in [0.25, 0.3) is 0 Å². The zero-order valence-electron chi connectivity index (χ0n) is 19.2. The normalized spacial score (nSPS) is 13.3. The minimum Gasteiger partial charge on any atom is -0.454 e. The van der Waals surface area contributed by atoms with E-state index in [0.29, 0.717) is 17.9 Å². The first-order valence-electron chi connectivity index (χ1n) is 10.6. The number of anilines is 1. The SMILES string of the molecule is CC[C@@H](C(=O)NC)N(Cc1ccccc1C)C(=O)CN(c1ccc2c(c1)OCO2)S(C)(=O)=O. The summed E-state index contributed by atoms with van der Waals surface area (Å²) in [5.41, 5.74) is 2.12. The van der Waals surface area contributed by atoms with Crippen LogP contribution in [0.2, 0.25) is 0 Å². The van der Waals surface area contributed by atoms with Crippen molar-refractivity contribution < 1.29 is 27.5 Å². The van der Waals surface area contributed by atoms with Crippen LogP contribution in [0.25, 0.3) is 0 Å². The van der Waals surface area contributed by atoms with E-state index in [1.807, 2.05) is 38.1 Å². The molecule has 178 valence electrons. The first-order valence-corrected chi connectivity index (χ1v) is 12.4. The molecule has 0 fully saturated rings. The van der Waals surface area contributed by atoms with Crippen LogP contribution in [-0.4, -0.2) is 57.8 Å². The van der Waals surface area contributed by atoms with Gasteiger partial charge in [-0.15, -0.1) is 0 Å². The number of aryl methyl sites for hydroxylation is 1. The maximum absolute atomic E-state index is 13.5. The van der Waals surface area contributed by atoms with Gasteiger partial charge >= 0.3 is 0 Å². The van der Waals surface area contributed by atoms with E-state index in [1.54, 1.807) is 12.1 Å². The van der Waals surface area contributed by atoms with Crippen LogP contribution in [0, 0.1) is 6.92 Å². The van der Waals surface area contributed by atoms with Gasteiger partial charge in [-0.25, -0.2) is 8.42 Å². The lowest BCUT2D eigenvalue weighted by Crippen LogP contribution is -2.51. The van der Waals surface area contributed by atoms with Gasteiger partial charge in [-0.1, -0.05) is 31.2 Å². The van der Waals surface area contributed by atoms with E-state index in [9.17, 15) is 18.0 Å². The Morgan fingerprint density at radius 3 is 2.45 bits per heavy atom. The molecule has 10 heteroatoms. The molecule has 0 spiro atoms. The highest BCUT2D eigenvalue weighted by atomic mass is 32.2. The summed E-state index contributed by atoms with van der Waals surface area (Å²) in [6.07, 6.45) is 1.41. The molecule has 0 unspecified atom stereocenters. The van der Waals surface area contributed by atoms with Crippen LogP contribution < -0.4 is 19.1 Å². The van der Waals surface area contributed by atoms with Gasteiger partial charge in [0.1, 0.15) is 12.6 Å². The summed E-state index contributed by atoms with van der Waals surface area (Å²) in [7, 11) is -2.30. The quantitative estimate of drug-likeness (QED) is 0.595. The van der Waals surface area contributed by atoms with E-state index >= 15 is 0 Å².